The first-order valence-corrected chi connectivity index (χ1v) is 7.01. The Bertz CT molecular complexity index is 390. The molecule has 1 aromatic heterocycles. The average molecular weight is 251 g/mol. The molecule has 1 unspecified atom stereocenters. The van der Waals surface area contributed by atoms with Gasteiger partial charge < -0.3 is 9.64 Å². The highest BCUT2D eigenvalue weighted by Crippen LogP contribution is 2.39. The molecule has 0 spiro atoms. The van der Waals surface area contributed by atoms with Crippen molar-refractivity contribution < 1.29 is 9.53 Å². The van der Waals surface area contributed by atoms with E-state index < -0.39 is 0 Å². The Labute approximate surface area is 105 Å². The van der Waals surface area contributed by atoms with Crippen molar-refractivity contribution in [1.82, 2.24) is 4.90 Å². The van der Waals surface area contributed by atoms with Crippen LogP contribution in [0, 0.1) is 11.8 Å². The van der Waals surface area contributed by atoms with E-state index in [1.165, 1.54) is 11.3 Å². The van der Waals surface area contributed by atoms with E-state index in [9.17, 15) is 4.79 Å². The van der Waals surface area contributed by atoms with E-state index in [2.05, 4.69) is 0 Å². The number of carbonyl (C=O) groups excluding carboxylic acids is 1. The molecule has 1 saturated carbocycles. The van der Waals surface area contributed by atoms with E-state index in [0.717, 1.165) is 30.8 Å². The van der Waals surface area contributed by atoms with Crippen LogP contribution in [0.4, 0.5) is 0 Å². The molecule has 17 heavy (non-hydrogen) atoms. The number of hydrogen-bond donors (Lipinski definition) is 0. The summed E-state index contributed by atoms with van der Waals surface area (Å²) in [6.07, 6.45) is 2.66. The molecule has 0 N–H and O–H groups in total. The van der Waals surface area contributed by atoms with Gasteiger partial charge in [-0.05, 0) is 36.1 Å². The van der Waals surface area contributed by atoms with Crippen LogP contribution in [0.3, 0.4) is 0 Å². The Morgan fingerprint density at radius 2 is 2.12 bits per heavy atom. The molecular weight excluding hydrogens is 234 g/mol. The van der Waals surface area contributed by atoms with Gasteiger partial charge in [0.05, 0.1) is 11.0 Å². The van der Waals surface area contributed by atoms with Crippen LogP contribution in [0.15, 0.2) is 17.5 Å². The van der Waals surface area contributed by atoms with Crippen molar-refractivity contribution in [2.45, 2.75) is 18.9 Å². The van der Waals surface area contributed by atoms with Gasteiger partial charge in [-0.3, -0.25) is 4.79 Å². The summed E-state index contributed by atoms with van der Waals surface area (Å²) in [5, 5.41) is 1.96. The minimum absolute atomic E-state index is 0.211. The first-order chi connectivity index (χ1) is 8.28. The van der Waals surface area contributed by atoms with Crippen molar-refractivity contribution in [3.05, 3.63) is 22.4 Å². The SMILES string of the molecule is COC1C[C@@H]2CN(C(=O)c3cccs3)C[C@@H]2C1. The maximum atomic E-state index is 12.2. The second-order valence-electron chi connectivity index (χ2n) is 5.04. The fourth-order valence-electron chi connectivity index (χ4n) is 3.16. The van der Waals surface area contributed by atoms with Crippen LogP contribution in [-0.2, 0) is 4.74 Å². The molecule has 4 heteroatoms. The summed E-state index contributed by atoms with van der Waals surface area (Å²) in [5.74, 6) is 1.52. The predicted octanol–water partition coefficient (Wildman–Crippen LogP) is 2.25. The number of likely N-dealkylation sites (tertiary alicyclic amines) is 1. The van der Waals surface area contributed by atoms with Crippen molar-refractivity contribution in [3.63, 3.8) is 0 Å². The van der Waals surface area contributed by atoms with E-state index in [1.54, 1.807) is 7.11 Å². The molecular formula is C13H17NO2S. The number of nitrogens with zero attached hydrogens (tertiary/aromatic N) is 1. The molecule has 92 valence electrons. The summed E-state index contributed by atoms with van der Waals surface area (Å²) in [6.45, 7) is 1.84. The highest BCUT2D eigenvalue weighted by Gasteiger charge is 2.42. The molecule has 2 fully saturated rings. The number of methoxy groups -OCH3 is 1. The molecule has 3 nitrogen and oxygen atoms in total. The molecule has 2 aliphatic rings. The van der Waals surface area contributed by atoms with Crippen molar-refractivity contribution in [2.24, 2.45) is 11.8 Å². The van der Waals surface area contributed by atoms with Gasteiger partial charge in [0.2, 0.25) is 0 Å². The van der Waals surface area contributed by atoms with Gasteiger partial charge in [-0.15, -0.1) is 11.3 Å². The van der Waals surface area contributed by atoms with Crippen LogP contribution in [0.5, 0.6) is 0 Å². The van der Waals surface area contributed by atoms with Gasteiger partial charge in [0.1, 0.15) is 0 Å². The van der Waals surface area contributed by atoms with E-state index in [-0.39, 0.29) is 5.91 Å². The lowest BCUT2D eigenvalue weighted by Crippen LogP contribution is -2.29. The fourth-order valence-corrected chi connectivity index (χ4v) is 3.85. The number of rotatable bonds is 2. The summed E-state index contributed by atoms with van der Waals surface area (Å²) in [6, 6.07) is 3.86. The average Bonchev–Trinajstić information content (AvgIpc) is 3.02. The van der Waals surface area contributed by atoms with E-state index in [0.29, 0.717) is 17.9 Å². The molecule has 3 rings (SSSR count). The number of amides is 1. The molecule has 0 aromatic carbocycles. The van der Waals surface area contributed by atoms with Crippen LogP contribution in [-0.4, -0.2) is 37.1 Å². The minimum Gasteiger partial charge on any atom is -0.381 e. The van der Waals surface area contributed by atoms with E-state index in [4.69, 9.17) is 4.74 Å². The Morgan fingerprint density at radius 1 is 1.41 bits per heavy atom. The Hall–Kier alpha value is -0.870. The summed E-state index contributed by atoms with van der Waals surface area (Å²) in [7, 11) is 1.79. The molecule has 1 amide bonds. The zero-order chi connectivity index (χ0) is 11.8. The van der Waals surface area contributed by atoms with Gasteiger partial charge in [0.15, 0.2) is 0 Å². The lowest BCUT2D eigenvalue weighted by atomic mass is 10.0. The van der Waals surface area contributed by atoms with Crippen molar-refractivity contribution in [3.8, 4) is 0 Å². The molecule has 1 aromatic rings. The summed E-state index contributed by atoms with van der Waals surface area (Å²) < 4.78 is 5.41. The monoisotopic (exact) mass is 251 g/mol. The zero-order valence-corrected chi connectivity index (χ0v) is 10.8. The van der Waals surface area contributed by atoms with Gasteiger partial charge in [-0.2, -0.15) is 0 Å². The van der Waals surface area contributed by atoms with Crippen LogP contribution < -0.4 is 0 Å². The lowest BCUT2D eigenvalue weighted by molar-refractivity contribution is 0.0735. The lowest BCUT2D eigenvalue weighted by Gasteiger charge is -2.18. The third-order valence-corrected chi connectivity index (χ3v) is 4.92. The largest absolute Gasteiger partial charge is 0.381 e. The maximum Gasteiger partial charge on any atom is 0.263 e. The maximum absolute atomic E-state index is 12.2. The Morgan fingerprint density at radius 3 is 2.65 bits per heavy atom. The fraction of sp³-hybridized carbons (Fsp3) is 0.615. The number of hydrogen-bond acceptors (Lipinski definition) is 3. The van der Waals surface area contributed by atoms with E-state index in [1.807, 2.05) is 22.4 Å². The summed E-state index contributed by atoms with van der Waals surface area (Å²) in [5.41, 5.74) is 0. The molecule has 1 saturated heterocycles. The van der Waals surface area contributed by atoms with Crippen LogP contribution in [0.1, 0.15) is 22.5 Å². The molecule has 2 heterocycles. The summed E-state index contributed by atoms with van der Waals surface area (Å²) >= 11 is 1.54. The molecule has 3 atom stereocenters. The van der Waals surface area contributed by atoms with Crippen molar-refractivity contribution >= 4 is 17.2 Å². The van der Waals surface area contributed by atoms with Gasteiger partial charge in [-0.25, -0.2) is 0 Å². The Kier molecular flexibility index (Phi) is 2.92. The van der Waals surface area contributed by atoms with Crippen LogP contribution in [0.2, 0.25) is 0 Å². The third-order valence-electron chi connectivity index (χ3n) is 4.06. The molecule has 0 bridgehead atoms. The highest BCUT2D eigenvalue weighted by molar-refractivity contribution is 7.12. The van der Waals surface area contributed by atoms with Gasteiger partial charge in [0.25, 0.3) is 5.91 Å². The predicted molar refractivity (Wildman–Crippen MR) is 67.2 cm³/mol. The van der Waals surface area contributed by atoms with Gasteiger partial charge in [0, 0.05) is 20.2 Å². The molecule has 1 aliphatic carbocycles. The minimum atomic E-state index is 0.211. The smallest absolute Gasteiger partial charge is 0.263 e. The highest BCUT2D eigenvalue weighted by atomic mass is 32.1. The topological polar surface area (TPSA) is 29.5 Å². The van der Waals surface area contributed by atoms with Crippen molar-refractivity contribution in [1.29, 1.82) is 0 Å². The van der Waals surface area contributed by atoms with E-state index >= 15 is 0 Å². The second kappa shape index (κ2) is 4.42. The quantitative estimate of drug-likeness (QED) is 0.807. The number of thiophene rings is 1. The number of ether oxygens (including phenoxy) is 1. The van der Waals surface area contributed by atoms with Gasteiger partial charge in [-0.1, -0.05) is 6.07 Å². The third kappa shape index (κ3) is 2.00. The normalized spacial score (nSPS) is 31.8. The van der Waals surface area contributed by atoms with Gasteiger partial charge >= 0.3 is 0 Å². The molecule has 0 radical (unpaired) electrons. The summed E-state index contributed by atoms with van der Waals surface area (Å²) in [4.78, 5) is 15.1. The molecule has 1 aliphatic heterocycles. The van der Waals surface area contributed by atoms with Crippen LogP contribution in [0.25, 0.3) is 0 Å². The van der Waals surface area contributed by atoms with Crippen molar-refractivity contribution in [2.75, 3.05) is 20.2 Å². The number of carbonyl (C=O) groups is 1. The van der Waals surface area contributed by atoms with Crippen LogP contribution >= 0.6 is 11.3 Å². The number of fused-ring (bicyclic) bond motifs is 1. The first-order valence-electron chi connectivity index (χ1n) is 6.13. The standard InChI is InChI=1S/C13H17NO2S/c1-16-11-5-9-7-14(8-10(9)6-11)13(15)12-3-2-4-17-12/h2-4,9-11H,5-8H2,1H3/t9-,10+,11?. The first kappa shape index (κ1) is 11.2. The Balaban J connectivity index is 1.65. The second-order valence-corrected chi connectivity index (χ2v) is 5.98. The zero-order valence-electron chi connectivity index (χ0n) is 9.96.